The van der Waals surface area contributed by atoms with Crippen LogP contribution in [0.25, 0.3) is 0 Å². The van der Waals surface area contributed by atoms with Crippen LogP contribution < -0.4 is 16.0 Å². The highest BCUT2D eigenvalue weighted by molar-refractivity contribution is 6.30. The molecule has 5 nitrogen and oxygen atoms in total. The third-order valence-corrected chi connectivity index (χ3v) is 2.60. The number of aromatic nitrogens is 2. The normalized spacial score (nSPS) is 10.2. The largest absolute Gasteiger partial charge is 0.472 e. The van der Waals surface area contributed by atoms with Crippen LogP contribution in [0.3, 0.4) is 0 Å². The van der Waals surface area contributed by atoms with E-state index in [9.17, 15) is 0 Å². The zero-order valence-corrected chi connectivity index (χ0v) is 10.6. The molecule has 2 aromatic rings. The Morgan fingerprint density at radius 1 is 1.33 bits per heavy atom. The zero-order chi connectivity index (χ0) is 13.0. The highest BCUT2D eigenvalue weighted by Gasteiger charge is 2.04. The van der Waals surface area contributed by atoms with Gasteiger partial charge in [0.1, 0.15) is 6.61 Å². The first-order chi connectivity index (χ1) is 8.69. The monoisotopic (exact) mass is 264 g/mol. The van der Waals surface area contributed by atoms with Gasteiger partial charge in [0.05, 0.1) is 0 Å². The molecule has 0 unspecified atom stereocenters. The first-order valence-corrected chi connectivity index (χ1v) is 5.74. The highest BCUT2D eigenvalue weighted by Crippen LogP contribution is 2.17. The Morgan fingerprint density at radius 2 is 2.06 bits per heavy atom. The summed E-state index contributed by atoms with van der Waals surface area (Å²) in [4.78, 5) is 8.11. The molecule has 0 aliphatic carbocycles. The molecule has 3 N–H and O–H groups in total. The summed E-state index contributed by atoms with van der Waals surface area (Å²) in [6, 6.07) is 7.45. The maximum absolute atomic E-state index is 5.81. The summed E-state index contributed by atoms with van der Waals surface area (Å²) in [6.45, 7) is 2.29. The first kappa shape index (κ1) is 12.6. The smallest absolute Gasteiger partial charge is 0.240 e. The number of hydrogen-bond donors (Lipinski definition) is 2. The summed E-state index contributed by atoms with van der Waals surface area (Å²) in [5.41, 5.74) is 4.24. The molecule has 6 heteroatoms. The predicted molar refractivity (Wildman–Crippen MR) is 70.4 cm³/mol. The molecule has 18 heavy (non-hydrogen) atoms. The molecule has 0 bridgehead atoms. The van der Waals surface area contributed by atoms with Crippen LogP contribution >= 0.6 is 11.6 Å². The molecule has 0 atom stereocenters. The second-order valence-electron chi connectivity index (χ2n) is 3.74. The number of ether oxygens (including phenoxy) is 1. The summed E-state index contributed by atoms with van der Waals surface area (Å²) in [7, 11) is 0. The Hall–Kier alpha value is -1.85. The lowest BCUT2D eigenvalue weighted by atomic mass is 10.2. The van der Waals surface area contributed by atoms with Crippen LogP contribution in [0.2, 0.25) is 5.02 Å². The quantitative estimate of drug-likeness (QED) is 0.655. The van der Waals surface area contributed by atoms with Gasteiger partial charge >= 0.3 is 0 Å². The lowest BCUT2D eigenvalue weighted by molar-refractivity contribution is 0.291. The van der Waals surface area contributed by atoms with Gasteiger partial charge in [-0.05, 0) is 24.6 Å². The minimum absolute atomic E-state index is 0.326. The third kappa shape index (κ3) is 3.09. The van der Waals surface area contributed by atoms with Crippen molar-refractivity contribution in [2.45, 2.75) is 13.5 Å². The predicted octanol–water partition coefficient (Wildman–Crippen LogP) is 2.30. The van der Waals surface area contributed by atoms with Crippen molar-refractivity contribution in [3.63, 3.8) is 0 Å². The van der Waals surface area contributed by atoms with E-state index in [1.54, 1.807) is 6.20 Å². The molecular formula is C12H13ClN4O. The molecule has 0 saturated carbocycles. The molecule has 0 saturated heterocycles. The van der Waals surface area contributed by atoms with Gasteiger partial charge in [0.2, 0.25) is 11.8 Å². The van der Waals surface area contributed by atoms with Crippen molar-refractivity contribution in [1.29, 1.82) is 0 Å². The first-order valence-electron chi connectivity index (χ1n) is 5.36. The number of hydrazine groups is 1. The third-order valence-electron chi connectivity index (χ3n) is 2.34. The van der Waals surface area contributed by atoms with Gasteiger partial charge in [-0.15, -0.1) is 0 Å². The number of anilines is 1. The molecule has 0 amide bonds. The molecule has 1 aromatic heterocycles. The molecule has 94 valence electrons. The summed E-state index contributed by atoms with van der Waals surface area (Å²) < 4.78 is 5.62. The number of rotatable bonds is 4. The number of halogens is 1. The molecule has 0 radical (unpaired) electrons. The summed E-state index contributed by atoms with van der Waals surface area (Å²) in [5, 5.41) is 0.701. The fraction of sp³-hybridized carbons (Fsp3) is 0.167. The van der Waals surface area contributed by atoms with Gasteiger partial charge < -0.3 is 4.74 Å². The number of nitrogens with two attached hydrogens (primary N) is 1. The summed E-state index contributed by atoms with van der Waals surface area (Å²) in [5.74, 6) is 6.08. The number of aryl methyl sites for hydroxylation is 1. The topological polar surface area (TPSA) is 73.1 Å². The van der Waals surface area contributed by atoms with Crippen molar-refractivity contribution in [3.8, 4) is 5.88 Å². The molecule has 2 rings (SSSR count). The summed E-state index contributed by atoms with van der Waals surface area (Å²) >= 11 is 5.81. The zero-order valence-electron chi connectivity index (χ0n) is 9.85. The Balaban J connectivity index is 2.07. The number of nitrogen functional groups attached to an aromatic ring is 1. The Morgan fingerprint density at radius 3 is 2.72 bits per heavy atom. The van der Waals surface area contributed by atoms with Gasteiger partial charge in [-0.2, -0.15) is 4.98 Å². The molecule has 0 aliphatic heterocycles. The maximum Gasteiger partial charge on any atom is 0.240 e. The van der Waals surface area contributed by atoms with E-state index in [1.165, 1.54) is 0 Å². The van der Waals surface area contributed by atoms with Gasteiger partial charge in [-0.3, -0.25) is 5.43 Å². The molecule has 1 aromatic carbocycles. The lowest BCUT2D eigenvalue weighted by Crippen LogP contribution is -2.11. The van der Waals surface area contributed by atoms with Crippen LogP contribution in [0.15, 0.2) is 30.5 Å². The van der Waals surface area contributed by atoms with E-state index < -0.39 is 0 Å². The number of benzene rings is 1. The van der Waals surface area contributed by atoms with Crippen molar-refractivity contribution in [3.05, 3.63) is 46.6 Å². The second-order valence-corrected chi connectivity index (χ2v) is 4.18. The minimum atomic E-state index is 0.326. The average molecular weight is 265 g/mol. The number of nitrogens with zero attached hydrogens (tertiary/aromatic N) is 2. The molecule has 0 spiro atoms. The van der Waals surface area contributed by atoms with Crippen LogP contribution in [-0.2, 0) is 6.61 Å². The van der Waals surface area contributed by atoms with Gasteiger partial charge in [0.25, 0.3) is 0 Å². The Kier molecular flexibility index (Phi) is 3.96. The Labute approximate surface area is 110 Å². The number of nitrogens with one attached hydrogen (secondary N) is 1. The SMILES string of the molecule is Cc1cnc(NN)nc1OCc1ccc(Cl)cc1. The van der Waals surface area contributed by atoms with E-state index in [0.717, 1.165) is 11.1 Å². The fourth-order valence-electron chi connectivity index (χ4n) is 1.37. The van der Waals surface area contributed by atoms with E-state index in [-0.39, 0.29) is 0 Å². The van der Waals surface area contributed by atoms with Crippen molar-refractivity contribution >= 4 is 17.5 Å². The van der Waals surface area contributed by atoms with E-state index >= 15 is 0 Å². The van der Waals surface area contributed by atoms with Crippen molar-refractivity contribution in [2.24, 2.45) is 5.84 Å². The Bertz CT molecular complexity index is 530. The molecule has 1 heterocycles. The van der Waals surface area contributed by atoms with Gasteiger partial charge in [-0.1, -0.05) is 23.7 Å². The van der Waals surface area contributed by atoms with E-state index in [4.69, 9.17) is 22.2 Å². The van der Waals surface area contributed by atoms with Crippen LogP contribution in [-0.4, -0.2) is 9.97 Å². The average Bonchev–Trinajstić information content (AvgIpc) is 2.40. The number of hydrogen-bond acceptors (Lipinski definition) is 5. The fourth-order valence-corrected chi connectivity index (χ4v) is 1.50. The van der Waals surface area contributed by atoms with Crippen molar-refractivity contribution in [2.75, 3.05) is 5.43 Å². The van der Waals surface area contributed by atoms with Crippen LogP contribution in [0.5, 0.6) is 5.88 Å². The van der Waals surface area contributed by atoms with E-state index in [0.29, 0.717) is 23.5 Å². The van der Waals surface area contributed by atoms with E-state index in [1.807, 2.05) is 31.2 Å². The maximum atomic E-state index is 5.81. The molecule has 0 fully saturated rings. The van der Waals surface area contributed by atoms with Crippen molar-refractivity contribution < 1.29 is 4.74 Å². The minimum Gasteiger partial charge on any atom is -0.472 e. The van der Waals surface area contributed by atoms with Gasteiger partial charge in [0.15, 0.2) is 0 Å². The molecule has 0 aliphatic rings. The van der Waals surface area contributed by atoms with Crippen LogP contribution in [0.1, 0.15) is 11.1 Å². The molecular weight excluding hydrogens is 252 g/mol. The van der Waals surface area contributed by atoms with Crippen LogP contribution in [0, 0.1) is 6.92 Å². The van der Waals surface area contributed by atoms with E-state index in [2.05, 4.69) is 15.4 Å². The van der Waals surface area contributed by atoms with Crippen molar-refractivity contribution in [1.82, 2.24) is 9.97 Å². The highest BCUT2D eigenvalue weighted by atomic mass is 35.5. The second kappa shape index (κ2) is 5.66. The van der Waals surface area contributed by atoms with Gasteiger partial charge in [-0.25, -0.2) is 10.8 Å². The summed E-state index contributed by atoms with van der Waals surface area (Å²) in [6.07, 6.45) is 1.65. The lowest BCUT2D eigenvalue weighted by Gasteiger charge is -2.09. The van der Waals surface area contributed by atoms with Gasteiger partial charge in [0, 0.05) is 16.8 Å². The van der Waals surface area contributed by atoms with Crippen LogP contribution in [0.4, 0.5) is 5.95 Å². The standard InChI is InChI=1S/C12H13ClN4O/c1-8-6-15-12(17-14)16-11(8)18-7-9-2-4-10(13)5-3-9/h2-6H,7,14H2,1H3,(H,15,16,17).